The van der Waals surface area contributed by atoms with Gasteiger partial charge in [0.15, 0.2) is 29.0 Å². The molecule has 1 fully saturated rings. The summed E-state index contributed by atoms with van der Waals surface area (Å²) in [6, 6.07) is 8.50. The van der Waals surface area contributed by atoms with Crippen molar-refractivity contribution in [2.45, 2.75) is 12.5 Å². The Labute approximate surface area is 150 Å². The Hall–Kier alpha value is -2.65. The summed E-state index contributed by atoms with van der Waals surface area (Å²) in [5.74, 6) is 2.96. The lowest BCUT2D eigenvalue weighted by atomic mass is 9.96. The van der Waals surface area contributed by atoms with E-state index in [1.165, 1.54) is 19.2 Å². The highest BCUT2D eigenvalue weighted by atomic mass is 19.1. The van der Waals surface area contributed by atoms with Crippen LogP contribution in [0.2, 0.25) is 0 Å². The van der Waals surface area contributed by atoms with Crippen LogP contribution in [-0.2, 0) is 0 Å². The number of benzene rings is 2. The molecule has 1 radical (unpaired) electrons. The average Bonchev–Trinajstić information content (AvgIpc) is 2.64. The van der Waals surface area contributed by atoms with Crippen LogP contribution in [0.1, 0.15) is 12.0 Å². The van der Waals surface area contributed by atoms with Crippen molar-refractivity contribution in [3.05, 3.63) is 66.0 Å². The molecule has 1 heterocycles. The van der Waals surface area contributed by atoms with Crippen LogP contribution in [0.3, 0.4) is 0 Å². The van der Waals surface area contributed by atoms with Crippen LogP contribution in [0.15, 0.2) is 36.4 Å². The van der Waals surface area contributed by atoms with Crippen molar-refractivity contribution in [3.63, 3.8) is 0 Å². The Morgan fingerprint density at radius 3 is 2.65 bits per heavy atom. The van der Waals surface area contributed by atoms with E-state index >= 15 is 0 Å². The second-order valence-electron chi connectivity index (χ2n) is 5.75. The molecule has 135 valence electrons. The van der Waals surface area contributed by atoms with Crippen molar-refractivity contribution < 1.29 is 22.6 Å². The third kappa shape index (κ3) is 3.94. The molecule has 3 nitrogen and oxygen atoms in total. The summed E-state index contributed by atoms with van der Waals surface area (Å²) in [5.41, 5.74) is 0.0300. The van der Waals surface area contributed by atoms with Crippen molar-refractivity contribution in [2.75, 3.05) is 13.7 Å². The van der Waals surface area contributed by atoms with Gasteiger partial charge >= 0.3 is 0 Å². The molecule has 0 amide bonds. The highest BCUT2D eigenvalue weighted by Crippen LogP contribution is 2.25. The molecular formula is C20H17F3NO2. The largest absolute Gasteiger partial charge is 0.491 e. The molecule has 0 spiro atoms. The van der Waals surface area contributed by atoms with E-state index in [-0.39, 0.29) is 23.3 Å². The monoisotopic (exact) mass is 360 g/mol. The molecule has 0 bridgehead atoms. The summed E-state index contributed by atoms with van der Waals surface area (Å²) in [7, 11) is 1.19. The van der Waals surface area contributed by atoms with Crippen molar-refractivity contribution in [1.82, 2.24) is 5.32 Å². The van der Waals surface area contributed by atoms with Gasteiger partial charge in [0.25, 0.3) is 0 Å². The number of halogens is 3. The van der Waals surface area contributed by atoms with Gasteiger partial charge in [0, 0.05) is 19.5 Å². The Kier molecular flexibility index (Phi) is 5.69. The maximum atomic E-state index is 14.2. The first-order chi connectivity index (χ1) is 12.6. The Balaban J connectivity index is 1.82. The molecule has 26 heavy (non-hydrogen) atoms. The molecule has 2 unspecified atom stereocenters. The average molecular weight is 360 g/mol. The van der Waals surface area contributed by atoms with Crippen molar-refractivity contribution in [1.29, 1.82) is 0 Å². The number of hydrogen-bond acceptors (Lipinski definition) is 3. The summed E-state index contributed by atoms with van der Waals surface area (Å²) in [4.78, 5) is 0. The maximum Gasteiger partial charge on any atom is 0.191 e. The lowest BCUT2D eigenvalue weighted by Crippen LogP contribution is -2.40. The number of ether oxygens (including phenoxy) is 2. The third-order valence-electron chi connectivity index (χ3n) is 4.04. The van der Waals surface area contributed by atoms with Crippen LogP contribution < -0.4 is 14.8 Å². The number of rotatable bonds is 3. The fourth-order valence-electron chi connectivity index (χ4n) is 2.67. The van der Waals surface area contributed by atoms with Crippen LogP contribution in [0, 0.1) is 41.8 Å². The van der Waals surface area contributed by atoms with Gasteiger partial charge in [-0.05, 0) is 24.3 Å². The van der Waals surface area contributed by atoms with E-state index in [2.05, 4.69) is 17.2 Å². The molecule has 0 aromatic heterocycles. The standard InChI is InChI=1S/C20H17F3NO2/c1-25-20-16(22)9-8-13(19(20)23)6-7-14-12-24-11-10-17(14)26-18-5-3-2-4-15(18)21/h2-5,8-9,11,14,17,24H,10,12H2,1H3. The van der Waals surface area contributed by atoms with Gasteiger partial charge in [-0.25, -0.2) is 13.2 Å². The van der Waals surface area contributed by atoms with Gasteiger partial charge in [-0.15, -0.1) is 0 Å². The van der Waals surface area contributed by atoms with Gasteiger partial charge < -0.3 is 14.8 Å². The second kappa shape index (κ2) is 8.15. The number of para-hydroxylation sites is 1. The summed E-state index contributed by atoms with van der Waals surface area (Å²) < 4.78 is 52.0. The van der Waals surface area contributed by atoms with E-state index in [0.29, 0.717) is 13.0 Å². The lowest BCUT2D eigenvalue weighted by molar-refractivity contribution is 0.136. The highest BCUT2D eigenvalue weighted by molar-refractivity contribution is 5.43. The zero-order valence-electron chi connectivity index (χ0n) is 14.1. The van der Waals surface area contributed by atoms with Gasteiger partial charge in [0.1, 0.15) is 6.10 Å². The topological polar surface area (TPSA) is 30.5 Å². The number of piperidine rings is 1. The maximum absolute atomic E-state index is 14.2. The van der Waals surface area contributed by atoms with Crippen molar-refractivity contribution >= 4 is 0 Å². The molecule has 1 aliphatic rings. The van der Waals surface area contributed by atoms with E-state index in [0.717, 1.165) is 6.07 Å². The van der Waals surface area contributed by atoms with E-state index in [1.807, 2.05) is 6.54 Å². The molecule has 2 aromatic rings. The fraction of sp³-hybridized carbons (Fsp3) is 0.250. The van der Waals surface area contributed by atoms with Gasteiger partial charge in [-0.3, -0.25) is 0 Å². The Bertz CT molecular complexity index is 845. The lowest BCUT2D eigenvalue weighted by Gasteiger charge is -2.29. The molecule has 0 saturated carbocycles. The molecule has 3 rings (SSSR count). The SMILES string of the molecule is COc1c(F)ccc(C#CC2CN[CH]CC2Oc2ccccc2F)c1F. The van der Waals surface area contributed by atoms with Gasteiger partial charge in [-0.2, -0.15) is 0 Å². The summed E-state index contributed by atoms with van der Waals surface area (Å²) in [6.07, 6.45) is 0.133. The summed E-state index contributed by atoms with van der Waals surface area (Å²) in [6.45, 7) is 2.30. The smallest absolute Gasteiger partial charge is 0.191 e. The van der Waals surface area contributed by atoms with E-state index in [9.17, 15) is 13.2 Å². The highest BCUT2D eigenvalue weighted by Gasteiger charge is 2.26. The minimum Gasteiger partial charge on any atom is -0.491 e. The predicted molar refractivity (Wildman–Crippen MR) is 91.0 cm³/mol. The van der Waals surface area contributed by atoms with Gasteiger partial charge in [0.2, 0.25) is 0 Å². The molecule has 1 saturated heterocycles. The van der Waals surface area contributed by atoms with Crippen LogP contribution in [0.4, 0.5) is 13.2 Å². The second-order valence-corrected chi connectivity index (χ2v) is 5.75. The molecule has 1 N–H and O–H groups in total. The zero-order valence-corrected chi connectivity index (χ0v) is 14.1. The Morgan fingerprint density at radius 1 is 1.08 bits per heavy atom. The molecule has 1 aliphatic heterocycles. The molecular weight excluding hydrogens is 343 g/mol. The molecule has 2 aromatic carbocycles. The van der Waals surface area contributed by atoms with E-state index in [1.54, 1.807) is 18.2 Å². The van der Waals surface area contributed by atoms with Gasteiger partial charge in [0.05, 0.1) is 18.6 Å². The number of methoxy groups -OCH3 is 1. The molecule has 2 atom stereocenters. The van der Waals surface area contributed by atoms with E-state index in [4.69, 9.17) is 9.47 Å². The fourth-order valence-corrected chi connectivity index (χ4v) is 2.67. The summed E-state index contributed by atoms with van der Waals surface area (Å²) >= 11 is 0. The van der Waals surface area contributed by atoms with Crippen LogP contribution >= 0.6 is 0 Å². The summed E-state index contributed by atoms with van der Waals surface area (Å²) in [5, 5.41) is 3.07. The van der Waals surface area contributed by atoms with Crippen LogP contribution in [-0.4, -0.2) is 19.8 Å². The zero-order chi connectivity index (χ0) is 18.5. The number of hydrogen-bond donors (Lipinski definition) is 1. The van der Waals surface area contributed by atoms with Crippen molar-refractivity contribution in [2.24, 2.45) is 5.92 Å². The molecule has 0 aliphatic carbocycles. The quantitative estimate of drug-likeness (QED) is 0.847. The van der Waals surface area contributed by atoms with E-state index < -0.39 is 23.2 Å². The minimum atomic E-state index is -0.845. The van der Waals surface area contributed by atoms with Crippen LogP contribution in [0.5, 0.6) is 11.5 Å². The first kappa shape index (κ1) is 18.2. The van der Waals surface area contributed by atoms with Gasteiger partial charge in [-0.1, -0.05) is 24.0 Å². The number of nitrogens with one attached hydrogen (secondary N) is 1. The first-order valence-electron chi connectivity index (χ1n) is 8.10. The third-order valence-corrected chi connectivity index (χ3v) is 4.04. The molecule has 6 heteroatoms. The normalized spacial score (nSPS) is 19.4. The van der Waals surface area contributed by atoms with Crippen LogP contribution in [0.25, 0.3) is 0 Å². The minimum absolute atomic E-state index is 0.0300. The predicted octanol–water partition coefficient (Wildman–Crippen LogP) is 3.68. The first-order valence-corrected chi connectivity index (χ1v) is 8.10. The Morgan fingerprint density at radius 2 is 1.88 bits per heavy atom. The van der Waals surface area contributed by atoms with Crippen molar-refractivity contribution in [3.8, 4) is 23.3 Å².